The number of hydrogen-bond acceptors (Lipinski definition) is 11. The van der Waals surface area contributed by atoms with Gasteiger partial charge in [-0.2, -0.15) is 0 Å². The maximum Gasteiger partial charge on any atom is 0.237 e. The van der Waals surface area contributed by atoms with Gasteiger partial charge < -0.3 is 25.2 Å². The highest BCUT2D eigenvalue weighted by Gasteiger charge is 2.49. The van der Waals surface area contributed by atoms with Crippen molar-refractivity contribution >= 4 is 5.91 Å². The summed E-state index contributed by atoms with van der Waals surface area (Å²) in [5.74, 6) is 1.16. The van der Waals surface area contributed by atoms with E-state index < -0.39 is 6.10 Å². The Hall–Kier alpha value is -0.930. The monoisotopic (exact) mass is 661 g/mol. The number of ether oxygens (including phenoxy) is 2. The van der Waals surface area contributed by atoms with Crippen LogP contribution in [0, 0.1) is 17.3 Å². The van der Waals surface area contributed by atoms with Crippen molar-refractivity contribution in [2.75, 3.05) is 52.6 Å². The maximum atomic E-state index is 13.7. The van der Waals surface area contributed by atoms with E-state index >= 15 is 0 Å². The zero-order chi connectivity index (χ0) is 32.5. The summed E-state index contributed by atoms with van der Waals surface area (Å²) in [4.78, 5) is 18.6. The third-order valence-corrected chi connectivity index (χ3v) is 13.2. The Bertz CT molecular complexity index is 1030. The predicted octanol–water partition coefficient (Wildman–Crippen LogP) is 0.471. The minimum absolute atomic E-state index is 0.00524. The smallest absolute Gasteiger partial charge is 0.237 e. The lowest BCUT2D eigenvalue weighted by Gasteiger charge is -2.56. The molecule has 268 valence electrons. The topological polar surface area (TPSA) is 134 Å². The van der Waals surface area contributed by atoms with Gasteiger partial charge in [0.1, 0.15) is 6.29 Å². The molecule has 0 aromatic heterocycles. The molecule has 47 heavy (non-hydrogen) atoms. The van der Waals surface area contributed by atoms with Gasteiger partial charge in [0.2, 0.25) is 5.91 Å². The summed E-state index contributed by atoms with van der Waals surface area (Å²) in [5, 5.41) is 32.7. The Morgan fingerprint density at radius 2 is 1.85 bits per heavy atom. The van der Waals surface area contributed by atoms with E-state index in [1.54, 1.807) is 0 Å². The molecule has 7 N–H and O–H groups in total. The van der Waals surface area contributed by atoms with E-state index in [-0.39, 0.29) is 49.2 Å². The van der Waals surface area contributed by atoms with Crippen LogP contribution in [0.3, 0.4) is 0 Å². The van der Waals surface area contributed by atoms with Gasteiger partial charge >= 0.3 is 0 Å². The van der Waals surface area contributed by atoms with Crippen molar-refractivity contribution in [3.05, 3.63) is 0 Å². The molecule has 4 aliphatic heterocycles. The number of hydrogen-bond donors (Lipinski definition) is 7. The SMILES string of the molecule is CC1NCOC1COC1CCC2C[C@@H]([C@H](O)CNC(=O)C3CC(NC4CC5(CCC5)C4)NC(N4CCN(C(C)C)CC4)N3)NCC2C1. The zero-order valence-corrected chi connectivity index (χ0v) is 29.2. The van der Waals surface area contributed by atoms with Gasteiger partial charge in [0.15, 0.2) is 0 Å². The summed E-state index contributed by atoms with van der Waals surface area (Å²) < 4.78 is 12.0. The molecule has 4 heterocycles. The molecule has 1 spiro atoms. The summed E-state index contributed by atoms with van der Waals surface area (Å²) in [7, 11) is 0. The van der Waals surface area contributed by atoms with Crippen LogP contribution < -0.4 is 31.9 Å². The Balaban J connectivity index is 0.872. The lowest BCUT2D eigenvalue weighted by atomic mass is 9.54. The first-order valence-corrected chi connectivity index (χ1v) is 19.2. The first-order valence-electron chi connectivity index (χ1n) is 19.2. The molecular weight excluding hydrogens is 596 g/mol. The minimum atomic E-state index is -0.605. The Labute approximate surface area is 282 Å². The highest BCUT2D eigenvalue weighted by atomic mass is 16.5. The number of carbonyl (C=O) groups is 1. The molecule has 8 unspecified atom stereocenters. The molecule has 12 heteroatoms. The lowest BCUT2D eigenvalue weighted by Crippen LogP contribution is -2.73. The number of nitrogens with one attached hydrogen (secondary N) is 6. The van der Waals surface area contributed by atoms with Gasteiger partial charge in [0.05, 0.1) is 43.9 Å². The summed E-state index contributed by atoms with van der Waals surface area (Å²) in [6.45, 7) is 13.2. The van der Waals surface area contributed by atoms with Crippen LogP contribution in [0.2, 0.25) is 0 Å². The summed E-state index contributed by atoms with van der Waals surface area (Å²) >= 11 is 0. The quantitative estimate of drug-likeness (QED) is 0.167. The van der Waals surface area contributed by atoms with Crippen molar-refractivity contribution in [1.29, 1.82) is 0 Å². The summed E-state index contributed by atoms with van der Waals surface area (Å²) in [6, 6.07) is 1.14. The Morgan fingerprint density at radius 1 is 1.04 bits per heavy atom. The van der Waals surface area contributed by atoms with Crippen LogP contribution >= 0.6 is 0 Å². The Kier molecular flexibility index (Phi) is 11.1. The van der Waals surface area contributed by atoms with Crippen LogP contribution in [0.15, 0.2) is 0 Å². The second-order valence-electron chi connectivity index (χ2n) is 16.6. The van der Waals surface area contributed by atoms with Gasteiger partial charge in [-0.25, -0.2) is 0 Å². The fourth-order valence-electron chi connectivity index (χ4n) is 9.75. The van der Waals surface area contributed by atoms with E-state index in [1.165, 1.54) is 32.1 Å². The van der Waals surface area contributed by atoms with E-state index in [4.69, 9.17) is 9.47 Å². The summed E-state index contributed by atoms with van der Waals surface area (Å²) in [6.07, 6.45) is 11.5. The molecular formula is C35H64N8O4. The molecule has 0 aromatic carbocycles. The third-order valence-electron chi connectivity index (χ3n) is 13.2. The zero-order valence-electron chi connectivity index (χ0n) is 29.2. The molecule has 7 aliphatic rings. The van der Waals surface area contributed by atoms with E-state index in [0.717, 1.165) is 58.4 Å². The number of rotatable bonds is 11. The lowest BCUT2D eigenvalue weighted by molar-refractivity contribution is -0.126. The number of aliphatic hydroxyl groups is 1. The molecule has 7 fully saturated rings. The average Bonchev–Trinajstić information content (AvgIpc) is 3.46. The van der Waals surface area contributed by atoms with Crippen LogP contribution in [0.5, 0.6) is 0 Å². The molecule has 4 saturated heterocycles. The average molecular weight is 661 g/mol. The third kappa shape index (κ3) is 8.18. The number of amides is 1. The van der Waals surface area contributed by atoms with Gasteiger partial charge in [-0.05, 0) is 95.9 Å². The highest BCUT2D eigenvalue weighted by Crippen LogP contribution is 2.55. The number of piperazine rings is 1. The summed E-state index contributed by atoms with van der Waals surface area (Å²) in [5.41, 5.74) is 0.617. The maximum absolute atomic E-state index is 13.7. The first kappa shape index (κ1) is 34.5. The van der Waals surface area contributed by atoms with E-state index in [9.17, 15) is 9.90 Å². The second-order valence-corrected chi connectivity index (χ2v) is 16.6. The molecule has 12 nitrogen and oxygen atoms in total. The Morgan fingerprint density at radius 3 is 2.55 bits per heavy atom. The van der Waals surface area contributed by atoms with Crippen molar-refractivity contribution in [2.45, 2.75) is 146 Å². The first-order chi connectivity index (χ1) is 22.7. The molecule has 7 rings (SSSR count). The molecule has 3 saturated carbocycles. The predicted molar refractivity (Wildman–Crippen MR) is 181 cm³/mol. The number of aliphatic hydroxyl groups excluding tert-OH is 1. The van der Waals surface area contributed by atoms with Crippen molar-refractivity contribution in [2.24, 2.45) is 17.3 Å². The van der Waals surface area contributed by atoms with Gasteiger partial charge in [-0.15, -0.1) is 0 Å². The van der Waals surface area contributed by atoms with Gasteiger partial charge in [0, 0.05) is 63.3 Å². The molecule has 3 aliphatic carbocycles. The fourth-order valence-corrected chi connectivity index (χ4v) is 9.75. The van der Waals surface area contributed by atoms with Gasteiger partial charge in [-0.3, -0.25) is 35.9 Å². The molecule has 1 amide bonds. The minimum Gasteiger partial charge on any atom is -0.390 e. The van der Waals surface area contributed by atoms with Crippen LogP contribution in [0.1, 0.15) is 85.0 Å². The van der Waals surface area contributed by atoms with Gasteiger partial charge in [-0.1, -0.05) is 6.42 Å². The standard InChI is InChI=1S/C35H64N8O4/c1-22(2)42-9-11-43(12-10-42)34-40-29(15-32(41-34)39-26-16-35(17-26)7-4-8-35)33(45)37-19-30(44)28-14-24-5-6-27(13-25(24)18-36-28)46-20-31-23(3)38-21-47-31/h22-32,34,36,38-41,44H,4-21H2,1-3H3,(H,37,45)/t23?,24?,25?,27?,28-,29?,30+,31?,32?,34?/m0/s1. The van der Waals surface area contributed by atoms with Crippen LogP contribution in [-0.2, 0) is 14.3 Å². The van der Waals surface area contributed by atoms with Crippen molar-refractivity contribution in [1.82, 2.24) is 41.7 Å². The fraction of sp³-hybridized carbons (Fsp3) is 0.971. The number of nitrogens with zero attached hydrogens (tertiary/aromatic N) is 2. The molecule has 0 aromatic rings. The van der Waals surface area contributed by atoms with E-state index in [2.05, 4.69) is 62.5 Å². The highest BCUT2D eigenvalue weighted by molar-refractivity contribution is 5.82. The number of fused-ring (bicyclic) bond motifs is 1. The second kappa shape index (κ2) is 15.1. The normalized spacial score (nSPS) is 40.5. The van der Waals surface area contributed by atoms with Crippen molar-refractivity contribution < 1.29 is 19.4 Å². The molecule has 0 radical (unpaired) electrons. The van der Waals surface area contributed by atoms with Crippen molar-refractivity contribution in [3.8, 4) is 0 Å². The number of carbonyl (C=O) groups excluding carboxylic acids is 1. The van der Waals surface area contributed by atoms with Crippen molar-refractivity contribution in [3.63, 3.8) is 0 Å². The van der Waals surface area contributed by atoms with E-state index in [1.807, 2.05) is 0 Å². The molecule has 0 bridgehead atoms. The number of piperidine rings is 1. The largest absolute Gasteiger partial charge is 0.390 e. The molecule has 10 atom stereocenters. The van der Waals surface area contributed by atoms with Crippen LogP contribution in [-0.4, -0.2) is 134 Å². The van der Waals surface area contributed by atoms with E-state index in [0.29, 0.717) is 55.1 Å². The van der Waals surface area contributed by atoms with Crippen LogP contribution in [0.4, 0.5) is 0 Å². The van der Waals surface area contributed by atoms with Gasteiger partial charge in [0.25, 0.3) is 0 Å². The van der Waals surface area contributed by atoms with Crippen LogP contribution in [0.25, 0.3) is 0 Å².